The predicted octanol–water partition coefficient (Wildman–Crippen LogP) is 2.82. The normalized spacial score (nSPS) is 41.4. The standard InChI is InChI=1S/C23H29NO4/c1-13-10-17(26)21-22-8-9-24(12-14-4-3-5-14)18(23(13,22)27-2)11-15-6-7-16(25)20(28-21)19(15)22/h6-7,13-14,18,21,25H,3-5,8-12H2,1-2H3/t13?,18-,21?,22+,23-/m1/s1. The van der Waals surface area contributed by atoms with E-state index in [1.165, 1.54) is 24.8 Å². The van der Waals surface area contributed by atoms with Gasteiger partial charge in [0.2, 0.25) is 0 Å². The third-order valence-electron chi connectivity index (χ3n) is 8.78. The van der Waals surface area contributed by atoms with Crippen LogP contribution in [0.5, 0.6) is 11.5 Å². The summed E-state index contributed by atoms with van der Waals surface area (Å²) >= 11 is 0. The van der Waals surface area contributed by atoms with Crippen molar-refractivity contribution in [2.24, 2.45) is 11.8 Å². The van der Waals surface area contributed by atoms with Crippen LogP contribution in [0.2, 0.25) is 0 Å². The van der Waals surface area contributed by atoms with Crippen LogP contribution in [0.25, 0.3) is 0 Å². The van der Waals surface area contributed by atoms with Crippen LogP contribution in [0.3, 0.4) is 0 Å². The SMILES string of the molecule is CO[C@@]12C(C)CC(=O)C3Oc4c(O)ccc5c4[C@@]31CCN(CC1CCC1)[C@@H]2C5. The number of ketones is 1. The van der Waals surface area contributed by atoms with Crippen LogP contribution in [0, 0.1) is 11.8 Å². The molecule has 150 valence electrons. The molecule has 28 heavy (non-hydrogen) atoms. The van der Waals surface area contributed by atoms with E-state index < -0.39 is 17.1 Å². The summed E-state index contributed by atoms with van der Waals surface area (Å²) in [7, 11) is 1.83. The molecular formula is C23H29NO4. The zero-order valence-corrected chi connectivity index (χ0v) is 16.7. The highest BCUT2D eigenvalue weighted by atomic mass is 16.5. The lowest BCUT2D eigenvalue weighted by molar-refractivity contribution is -0.224. The molecule has 5 atom stereocenters. The Hall–Kier alpha value is -1.59. The number of nitrogens with zero attached hydrogens (tertiary/aromatic N) is 1. The fraction of sp³-hybridized carbons (Fsp3) is 0.696. The van der Waals surface area contributed by atoms with Gasteiger partial charge in [0.05, 0.1) is 5.41 Å². The number of piperidine rings is 1. The van der Waals surface area contributed by atoms with Gasteiger partial charge in [0.15, 0.2) is 23.4 Å². The van der Waals surface area contributed by atoms with Gasteiger partial charge in [-0.25, -0.2) is 0 Å². The Kier molecular flexibility index (Phi) is 3.40. The molecule has 1 spiro atoms. The predicted molar refractivity (Wildman–Crippen MR) is 104 cm³/mol. The Morgan fingerprint density at radius 3 is 2.86 bits per heavy atom. The van der Waals surface area contributed by atoms with Crippen molar-refractivity contribution >= 4 is 5.78 Å². The van der Waals surface area contributed by atoms with Gasteiger partial charge >= 0.3 is 0 Å². The number of Topliss-reactive ketones (excluding diaryl/α,β-unsaturated/α-hetero) is 1. The molecule has 5 aliphatic rings. The molecule has 2 saturated carbocycles. The van der Waals surface area contributed by atoms with Gasteiger partial charge in [-0.3, -0.25) is 9.69 Å². The number of likely N-dealkylation sites (tertiary alicyclic amines) is 1. The van der Waals surface area contributed by atoms with Crippen LogP contribution in [-0.2, 0) is 21.4 Å². The van der Waals surface area contributed by atoms with Gasteiger partial charge in [-0.2, -0.15) is 0 Å². The maximum Gasteiger partial charge on any atom is 0.174 e. The second-order valence-corrected chi connectivity index (χ2v) is 9.75. The lowest BCUT2D eigenvalue weighted by Gasteiger charge is -2.66. The number of rotatable bonds is 3. The first kappa shape index (κ1) is 17.3. The summed E-state index contributed by atoms with van der Waals surface area (Å²) in [4.78, 5) is 15.8. The van der Waals surface area contributed by atoms with E-state index >= 15 is 0 Å². The molecule has 1 N–H and O–H groups in total. The number of benzene rings is 1. The third kappa shape index (κ3) is 1.75. The third-order valence-corrected chi connectivity index (χ3v) is 8.78. The zero-order chi connectivity index (χ0) is 19.3. The van der Waals surface area contributed by atoms with Gasteiger partial charge in [0.25, 0.3) is 0 Å². The van der Waals surface area contributed by atoms with Gasteiger partial charge < -0.3 is 14.6 Å². The van der Waals surface area contributed by atoms with Crippen molar-refractivity contribution in [3.05, 3.63) is 23.3 Å². The highest BCUT2D eigenvalue weighted by Gasteiger charge is 2.76. The van der Waals surface area contributed by atoms with Crippen LogP contribution in [0.15, 0.2) is 12.1 Å². The molecule has 3 aliphatic carbocycles. The number of phenolic OH excluding ortho intramolecular Hbond substituents is 1. The van der Waals surface area contributed by atoms with E-state index in [0.717, 1.165) is 37.4 Å². The Morgan fingerprint density at radius 1 is 1.32 bits per heavy atom. The molecule has 0 aromatic heterocycles. The maximum atomic E-state index is 13.1. The largest absolute Gasteiger partial charge is 0.504 e. The molecule has 1 aromatic rings. The molecule has 6 rings (SSSR count). The molecule has 2 bridgehead atoms. The number of hydrogen-bond acceptors (Lipinski definition) is 5. The van der Waals surface area contributed by atoms with Crippen molar-refractivity contribution in [1.82, 2.24) is 4.90 Å². The topological polar surface area (TPSA) is 59.0 Å². The molecule has 2 heterocycles. The van der Waals surface area contributed by atoms with E-state index in [1.54, 1.807) is 6.07 Å². The fourth-order valence-corrected chi connectivity index (χ4v) is 7.54. The summed E-state index contributed by atoms with van der Waals surface area (Å²) < 4.78 is 12.8. The Morgan fingerprint density at radius 2 is 2.14 bits per heavy atom. The van der Waals surface area contributed by atoms with Crippen LogP contribution in [-0.4, -0.2) is 53.7 Å². The molecular weight excluding hydrogens is 354 g/mol. The molecule has 0 amide bonds. The molecule has 1 aromatic carbocycles. The van der Waals surface area contributed by atoms with Crippen molar-refractivity contribution in [2.45, 2.75) is 68.6 Å². The van der Waals surface area contributed by atoms with Crippen LogP contribution >= 0.6 is 0 Å². The van der Waals surface area contributed by atoms with Crippen molar-refractivity contribution < 1.29 is 19.4 Å². The fourth-order valence-electron chi connectivity index (χ4n) is 7.54. The molecule has 2 aliphatic heterocycles. The lowest BCUT2D eigenvalue weighted by Crippen LogP contribution is -2.79. The maximum absolute atomic E-state index is 13.1. The van der Waals surface area contributed by atoms with Gasteiger partial charge in [0.1, 0.15) is 5.60 Å². The zero-order valence-electron chi connectivity index (χ0n) is 16.7. The van der Waals surface area contributed by atoms with Gasteiger partial charge in [-0.1, -0.05) is 19.4 Å². The molecule has 5 heteroatoms. The highest BCUT2D eigenvalue weighted by Crippen LogP contribution is 2.67. The number of hydrogen-bond donors (Lipinski definition) is 1. The Bertz CT molecular complexity index is 864. The second kappa shape index (κ2) is 5.51. The first-order chi connectivity index (χ1) is 13.5. The minimum atomic E-state index is -0.528. The molecule has 2 unspecified atom stereocenters. The van der Waals surface area contributed by atoms with E-state index in [0.29, 0.717) is 12.2 Å². The van der Waals surface area contributed by atoms with E-state index in [2.05, 4.69) is 11.8 Å². The molecule has 1 saturated heterocycles. The minimum Gasteiger partial charge on any atom is -0.504 e. The summed E-state index contributed by atoms with van der Waals surface area (Å²) in [6.07, 6.45) is 5.74. The second-order valence-electron chi connectivity index (χ2n) is 9.75. The van der Waals surface area contributed by atoms with Gasteiger partial charge in [0, 0.05) is 31.7 Å². The number of methoxy groups -OCH3 is 1. The summed E-state index contributed by atoms with van der Waals surface area (Å²) in [6.45, 7) is 4.30. The lowest BCUT2D eigenvalue weighted by atomic mass is 9.46. The van der Waals surface area contributed by atoms with Gasteiger partial charge in [-0.05, 0) is 55.7 Å². The van der Waals surface area contributed by atoms with Crippen LogP contribution < -0.4 is 4.74 Å². The average molecular weight is 383 g/mol. The summed E-state index contributed by atoms with van der Waals surface area (Å²) in [5.41, 5.74) is 1.38. The van der Waals surface area contributed by atoms with Crippen molar-refractivity contribution in [2.75, 3.05) is 20.2 Å². The Balaban J connectivity index is 1.58. The van der Waals surface area contributed by atoms with E-state index in [1.807, 2.05) is 13.2 Å². The van der Waals surface area contributed by atoms with Gasteiger partial charge in [-0.15, -0.1) is 0 Å². The first-order valence-electron chi connectivity index (χ1n) is 10.9. The summed E-state index contributed by atoms with van der Waals surface area (Å²) in [5.74, 6) is 1.78. The number of ether oxygens (including phenoxy) is 2. The van der Waals surface area contributed by atoms with Crippen molar-refractivity contribution in [1.29, 1.82) is 0 Å². The first-order valence-corrected chi connectivity index (χ1v) is 10.9. The highest BCUT2D eigenvalue weighted by molar-refractivity contribution is 5.90. The average Bonchev–Trinajstić information content (AvgIpc) is 2.99. The number of aromatic hydroxyl groups is 1. The monoisotopic (exact) mass is 383 g/mol. The van der Waals surface area contributed by atoms with E-state index in [-0.39, 0.29) is 23.5 Å². The van der Waals surface area contributed by atoms with Crippen molar-refractivity contribution in [3.63, 3.8) is 0 Å². The Labute approximate surface area is 166 Å². The minimum absolute atomic E-state index is 0.125. The number of carbonyl (C=O) groups is 1. The van der Waals surface area contributed by atoms with E-state index in [4.69, 9.17) is 9.47 Å². The van der Waals surface area contributed by atoms with Crippen LogP contribution in [0.1, 0.15) is 50.2 Å². The van der Waals surface area contributed by atoms with Crippen molar-refractivity contribution in [3.8, 4) is 11.5 Å². The quantitative estimate of drug-likeness (QED) is 0.870. The van der Waals surface area contributed by atoms with Crippen LogP contribution in [0.4, 0.5) is 0 Å². The molecule has 5 nitrogen and oxygen atoms in total. The summed E-state index contributed by atoms with van der Waals surface area (Å²) in [5, 5.41) is 10.5. The summed E-state index contributed by atoms with van der Waals surface area (Å²) in [6, 6.07) is 4.04. The number of phenols is 1. The molecule has 3 fully saturated rings. The number of carbonyl (C=O) groups excluding carboxylic acids is 1. The van der Waals surface area contributed by atoms with E-state index in [9.17, 15) is 9.90 Å². The smallest absolute Gasteiger partial charge is 0.174 e. The molecule has 0 radical (unpaired) electrons.